The Kier molecular flexibility index (Phi) is 6.12. The maximum absolute atomic E-state index is 12.0. The second-order valence-electron chi connectivity index (χ2n) is 4.47. The number of halogens is 1. The largest absolute Gasteiger partial charge is 0.212 e. The zero-order chi connectivity index (χ0) is 13.6. The van der Waals surface area contributed by atoms with E-state index in [1.54, 1.807) is 0 Å². The highest BCUT2D eigenvalue weighted by Gasteiger charge is 2.19. The number of sulfonamides is 1. The minimum Gasteiger partial charge on any atom is -0.212 e. The lowest BCUT2D eigenvalue weighted by molar-refractivity contribution is 0.552. The molecule has 0 spiro atoms. The highest BCUT2D eigenvalue weighted by atomic mass is 35.5. The second kappa shape index (κ2) is 7.12. The molecular weight excluding hydrogens is 270 g/mol. The summed E-state index contributed by atoms with van der Waals surface area (Å²) in [5.74, 6) is 0.358. The lowest BCUT2D eigenvalue weighted by Crippen LogP contribution is -2.38. The first-order valence-corrected chi connectivity index (χ1v) is 8.28. The molecule has 0 aliphatic carbocycles. The molecule has 0 fully saturated rings. The topological polar surface area (TPSA) is 46.2 Å². The molecule has 2 unspecified atom stereocenters. The molecule has 102 valence electrons. The summed E-state index contributed by atoms with van der Waals surface area (Å²) in [5, 5.41) is 0. The first kappa shape index (κ1) is 15.5. The van der Waals surface area contributed by atoms with Crippen LogP contribution in [-0.4, -0.2) is 26.1 Å². The summed E-state index contributed by atoms with van der Waals surface area (Å²) < 4.78 is 26.6. The summed E-state index contributed by atoms with van der Waals surface area (Å²) in [6, 6.07) is 9.46. The molecule has 1 N–H and O–H groups in total. The van der Waals surface area contributed by atoms with E-state index >= 15 is 0 Å². The first-order valence-electron chi connectivity index (χ1n) is 6.09. The van der Waals surface area contributed by atoms with E-state index in [9.17, 15) is 8.42 Å². The van der Waals surface area contributed by atoms with E-state index in [1.165, 1.54) is 0 Å². The molecule has 1 rings (SSSR count). The van der Waals surface area contributed by atoms with Crippen LogP contribution in [-0.2, 0) is 10.0 Å². The third-order valence-corrected chi connectivity index (χ3v) is 4.87. The fourth-order valence-corrected chi connectivity index (χ4v) is 3.82. The van der Waals surface area contributed by atoms with Crippen LogP contribution in [0, 0.1) is 0 Å². The molecule has 18 heavy (non-hydrogen) atoms. The monoisotopic (exact) mass is 289 g/mol. The van der Waals surface area contributed by atoms with Crippen LogP contribution in [0.4, 0.5) is 0 Å². The minimum absolute atomic E-state index is 0.0310. The SMILES string of the molecule is CCC(CCl)NS(=O)(=O)CC(C)c1ccccc1. The average molecular weight is 290 g/mol. The quantitative estimate of drug-likeness (QED) is 0.785. The summed E-state index contributed by atoms with van der Waals surface area (Å²) in [5.41, 5.74) is 1.03. The minimum atomic E-state index is -3.29. The van der Waals surface area contributed by atoms with E-state index in [0.29, 0.717) is 12.3 Å². The van der Waals surface area contributed by atoms with Gasteiger partial charge in [-0.1, -0.05) is 44.2 Å². The van der Waals surface area contributed by atoms with Crippen LogP contribution in [0.15, 0.2) is 30.3 Å². The Balaban J connectivity index is 2.66. The van der Waals surface area contributed by atoms with Crippen LogP contribution < -0.4 is 4.72 Å². The molecule has 2 atom stereocenters. The van der Waals surface area contributed by atoms with Crippen molar-refractivity contribution in [1.29, 1.82) is 0 Å². The van der Waals surface area contributed by atoms with Crippen LogP contribution in [0.1, 0.15) is 31.7 Å². The normalized spacial score (nSPS) is 15.3. The van der Waals surface area contributed by atoms with Gasteiger partial charge in [-0.05, 0) is 17.9 Å². The molecule has 1 aromatic carbocycles. The summed E-state index contributed by atoms with van der Waals surface area (Å²) in [6.07, 6.45) is 0.697. The summed E-state index contributed by atoms with van der Waals surface area (Å²) in [7, 11) is -3.29. The van der Waals surface area contributed by atoms with Crippen LogP contribution in [0.2, 0.25) is 0 Å². The zero-order valence-electron chi connectivity index (χ0n) is 10.8. The molecule has 0 radical (unpaired) electrons. The van der Waals surface area contributed by atoms with Gasteiger partial charge < -0.3 is 0 Å². The summed E-state index contributed by atoms with van der Waals surface area (Å²) in [4.78, 5) is 0. The van der Waals surface area contributed by atoms with Crippen molar-refractivity contribution in [3.05, 3.63) is 35.9 Å². The van der Waals surface area contributed by atoms with Gasteiger partial charge in [-0.2, -0.15) is 0 Å². The van der Waals surface area contributed by atoms with Crippen molar-refractivity contribution >= 4 is 21.6 Å². The zero-order valence-corrected chi connectivity index (χ0v) is 12.3. The van der Waals surface area contributed by atoms with Crippen molar-refractivity contribution in [2.45, 2.75) is 32.2 Å². The molecule has 1 aromatic rings. The van der Waals surface area contributed by atoms with Gasteiger partial charge in [-0.15, -0.1) is 11.6 Å². The smallest absolute Gasteiger partial charge is 0.212 e. The molecule has 0 aliphatic heterocycles. The predicted molar refractivity (Wildman–Crippen MR) is 76.6 cm³/mol. The van der Waals surface area contributed by atoms with Gasteiger partial charge >= 0.3 is 0 Å². The Labute approximate surface area is 115 Å². The van der Waals surface area contributed by atoms with Crippen molar-refractivity contribution in [1.82, 2.24) is 4.72 Å². The Morgan fingerprint density at radius 3 is 2.39 bits per heavy atom. The molecule has 3 nitrogen and oxygen atoms in total. The second-order valence-corrected chi connectivity index (χ2v) is 6.58. The molecule has 0 amide bonds. The predicted octanol–water partition coefficient (Wildman–Crippen LogP) is 2.73. The van der Waals surface area contributed by atoms with Gasteiger partial charge in [-0.25, -0.2) is 13.1 Å². The molecule has 0 bridgehead atoms. The van der Waals surface area contributed by atoms with E-state index in [0.717, 1.165) is 5.56 Å². The molecule has 0 saturated heterocycles. The van der Waals surface area contributed by atoms with E-state index in [1.807, 2.05) is 44.2 Å². The van der Waals surface area contributed by atoms with Gasteiger partial charge in [0.2, 0.25) is 10.0 Å². The van der Waals surface area contributed by atoms with E-state index in [2.05, 4.69) is 4.72 Å². The van der Waals surface area contributed by atoms with Crippen molar-refractivity contribution in [3.8, 4) is 0 Å². The maximum Gasteiger partial charge on any atom is 0.212 e. The average Bonchev–Trinajstić information content (AvgIpc) is 2.36. The van der Waals surface area contributed by atoms with Crippen molar-refractivity contribution in [2.75, 3.05) is 11.6 Å². The fraction of sp³-hybridized carbons (Fsp3) is 0.538. The van der Waals surface area contributed by atoms with Crippen LogP contribution in [0.3, 0.4) is 0 Å². The summed E-state index contributed by atoms with van der Waals surface area (Å²) >= 11 is 5.70. The van der Waals surface area contributed by atoms with Crippen molar-refractivity contribution in [2.24, 2.45) is 0 Å². The molecule has 0 saturated carbocycles. The highest BCUT2D eigenvalue weighted by molar-refractivity contribution is 7.89. The maximum atomic E-state index is 12.0. The van der Waals surface area contributed by atoms with Crippen molar-refractivity contribution in [3.63, 3.8) is 0 Å². The molecular formula is C13H20ClNO2S. The number of nitrogens with one attached hydrogen (secondary N) is 1. The Morgan fingerprint density at radius 2 is 1.89 bits per heavy atom. The number of alkyl halides is 1. The molecule has 0 aromatic heterocycles. The fourth-order valence-electron chi connectivity index (χ4n) is 1.73. The lowest BCUT2D eigenvalue weighted by Gasteiger charge is -2.17. The van der Waals surface area contributed by atoms with Gasteiger partial charge in [0, 0.05) is 11.9 Å². The summed E-state index contributed by atoms with van der Waals surface area (Å²) in [6.45, 7) is 3.83. The third-order valence-electron chi connectivity index (χ3n) is 2.86. The first-order chi connectivity index (χ1) is 8.48. The van der Waals surface area contributed by atoms with Gasteiger partial charge in [0.25, 0.3) is 0 Å². The molecule has 0 aliphatic rings. The van der Waals surface area contributed by atoms with E-state index in [-0.39, 0.29) is 17.7 Å². The number of hydrogen-bond donors (Lipinski definition) is 1. The van der Waals surface area contributed by atoms with E-state index < -0.39 is 10.0 Å². The van der Waals surface area contributed by atoms with Crippen molar-refractivity contribution < 1.29 is 8.42 Å². The van der Waals surface area contributed by atoms with Crippen LogP contribution >= 0.6 is 11.6 Å². The van der Waals surface area contributed by atoms with E-state index in [4.69, 9.17) is 11.6 Å². The Bertz CT molecular complexity index is 443. The standard InChI is InChI=1S/C13H20ClNO2S/c1-3-13(9-14)15-18(16,17)10-11(2)12-7-5-4-6-8-12/h4-8,11,13,15H,3,9-10H2,1-2H3. The third kappa shape index (κ3) is 4.96. The van der Waals surface area contributed by atoms with Gasteiger partial charge in [-0.3, -0.25) is 0 Å². The van der Waals surface area contributed by atoms with Gasteiger partial charge in [0.15, 0.2) is 0 Å². The Hall–Kier alpha value is -0.580. The van der Waals surface area contributed by atoms with Crippen LogP contribution in [0.5, 0.6) is 0 Å². The number of benzene rings is 1. The molecule has 5 heteroatoms. The lowest BCUT2D eigenvalue weighted by atomic mass is 10.0. The highest BCUT2D eigenvalue weighted by Crippen LogP contribution is 2.16. The number of hydrogen-bond acceptors (Lipinski definition) is 2. The van der Waals surface area contributed by atoms with Gasteiger partial charge in [0.1, 0.15) is 0 Å². The molecule has 0 heterocycles. The van der Waals surface area contributed by atoms with Crippen LogP contribution in [0.25, 0.3) is 0 Å². The Morgan fingerprint density at radius 1 is 1.28 bits per heavy atom. The van der Waals surface area contributed by atoms with Gasteiger partial charge in [0.05, 0.1) is 5.75 Å². The number of rotatable bonds is 7.